The Balaban J connectivity index is 1.38. The number of anilines is 1. The number of sulfonamides is 1. The molecule has 0 amide bonds. The smallest absolute Gasteiger partial charge is 0.214 e. The van der Waals surface area contributed by atoms with E-state index in [-0.39, 0.29) is 24.2 Å². The normalized spacial score (nSPS) is 26.8. The van der Waals surface area contributed by atoms with Crippen molar-refractivity contribution < 1.29 is 13.5 Å². The first-order chi connectivity index (χ1) is 14.4. The van der Waals surface area contributed by atoms with Gasteiger partial charge in [-0.15, -0.1) is 0 Å². The average molecular weight is 436 g/mol. The monoisotopic (exact) mass is 435 g/mol. The predicted octanol–water partition coefficient (Wildman–Crippen LogP) is 2.23. The van der Waals surface area contributed by atoms with E-state index in [0.717, 1.165) is 49.0 Å². The molecule has 30 heavy (non-hydrogen) atoms. The SMILES string of the molecule is C[C@@H]1CC(CS(=O)(=O)N2CCC(CO)CC2)CC[C@@H]1N(C)c1ncnc2[nH]ccc12. The van der Waals surface area contributed by atoms with Gasteiger partial charge in [0.25, 0.3) is 0 Å². The van der Waals surface area contributed by atoms with Gasteiger partial charge in [-0.25, -0.2) is 22.7 Å². The molecule has 2 fully saturated rings. The Bertz CT molecular complexity index is 954. The van der Waals surface area contributed by atoms with Crippen molar-refractivity contribution in [1.29, 1.82) is 0 Å². The summed E-state index contributed by atoms with van der Waals surface area (Å²) in [5, 5.41) is 10.3. The molecule has 2 aliphatic rings. The number of rotatable bonds is 6. The number of hydrogen-bond acceptors (Lipinski definition) is 6. The van der Waals surface area contributed by atoms with Crippen molar-refractivity contribution in [3.05, 3.63) is 18.6 Å². The fourth-order valence-electron chi connectivity index (χ4n) is 5.29. The van der Waals surface area contributed by atoms with Crippen molar-refractivity contribution in [2.45, 2.75) is 45.1 Å². The molecular formula is C21H33N5O3S. The lowest BCUT2D eigenvalue weighted by molar-refractivity contribution is 0.169. The van der Waals surface area contributed by atoms with Crippen LogP contribution in [0.25, 0.3) is 11.0 Å². The summed E-state index contributed by atoms with van der Waals surface area (Å²) in [6.07, 6.45) is 7.77. The van der Waals surface area contributed by atoms with Crippen molar-refractivity contribution in [3.8, 4) is 0 Å². The maximum Gasteiger partial charge on any atom is 0.214 e. The summed E-state index contributed by atoms with van der Waals surface area (Å²) in [6.45, 7) is 3.47. The van der Waals surface area contributed by atoms with E-state index in [1.807, 2.05) is 12.3 Å². The number of hydrogen-bond donors (Lipinski definition) is 2. The van der Waals surface area contributed by atoms with Gasteiger partial charge in [0.1, 0.15) is 17.8 Å². The molecule has 2 N–H and O–H groups in total. The molecule has 3 atom stereocenters. The first-order valence-electron chi connectivity index (χ1n) is 11.0. The van der Waals surface area contributed by atoms with Gasteiger partial charge in [-0.1, -0.05) is 6.92 Å². The second-order valence-electron chi connectivity index (χ2n) is 9.08. The summed E-state index contributed by atoms with van der Waals surface area (Å²) in [5.74, 6) is 2.00. The number of aliphatic hydroxyl groups is 1. The van der Waals surface area contributed by atoms with E-state index < -0.39 is 10.0 Å². The number of piperidine rings is 1. The zero-order chi connectivity index (χ0) is 21.3. The summed E-state index contributed by atoms with van der Waals surface area (Å²) in [5.41, 5.74) is 0.837. The molecule has 3 heterocycles. The summed E-state index contributed by atoms with van der Waals surface area (Å²) < 4.78 is 27.5. The molecule has 1 aliphatic heterocycles. The quantitative estimate of drug-likeness (QED) is 0.721. The van der Waals surface area contributed by atoms with E-state index in [0.29, 0.717) is 25.0 Å². The van der Waals surface area contributed by atoms with Crippen LogP contribution < -0.4 is 4.90 Å². The Morgan fingerprint density at radius 3 is 2.67 bits per heavy atom. The van der Waals surface area contributed by atoms with Gasteiger partial charge in [0.2, 0.25) is 10.0 Å². The lowest BCUT2D eigenvalue weighted by Gasteiger charge is -2.40. The number of aliphatic hydroxyl groups excluding tert-OH is 1. The largest absolute Gasteiger partial charge is 0.396 e. The van der Waals surface area contributed by atoms with Gasteiger partial charge >= 0.3 is 0 Å². The molecule has 2 aromatic rings. The van der Waals surface area contributed by atoms with Crippen LogP contribution in [0.1, 0.15) is 39.0 Å². The Hall–Kier alpha value is -1.71. The molecule has 8 nitrogen and oxygen atoms in total. The van der Waals surface area contributed by atoms with Crippen LogP contribution in [0.5, 0.6) is 0 Å². The lowest BCUT2D eigenvalue weighted by atomic mass is 9.79. The Morgan fingerprint density at radius 1 is 1.20 bits per heavy atom. The van der Waals surface area contributed by atoms with E-state index in [4.69, 9.17) is 0 Å². The van der Waals surface area contributed by atoms with Gasteiger partial charge in [0, 0.05) is 39.0 Å². The van der Waals surface area contributed by atoms with Crippen LogP contribution in [-0.2, 0) is 10.0 Å². The molecule has 9 heteroatoms. The van der Waals surface area contributed by atoms with Crippen molar-refractivity contribution in [2.75, 3.05) is 37.4 Å². The Labute approximate surface area is 178 Å². The third-order valence-corrected chi connectivity index (χ3v) is 9.11. The third kappa shape index (κ3) is 4.33. The second-order valence-corrected chi connectivity index (χ2v) is 11.1. The van der Waals surface area contributed by atoms with Gasteiger partial charge < -0.3 is 15.0 Å². The molecule has 0 bridgehead atoms. The predicted molar refractivity (Wildman–Crippen MR) is 118 cm³/mol. The molecule has 0 aromatic carbocycles. The molecule has 0 spiro atoms. The fourth-order valence-corrected chi connectivity index (χ4v) is 7.17. The highest BCUT2D eigenvalue weighted by atomic mass is 32.2. The van der Waals surface area contributed by atoms with Crippen molar-refractivity contribution in [2.24, 2.45) is 17.8 Å². The van der Waals surface area contributed by atoms with Crippen LogP contribution in [-0.4, -0.2) is 71.3 Å². The standard InChI is InChI=1S/C21H33N5O3S/c1-15-11-17(13-30(28,29)26-9-6-16(12-27)7-10-26)3-4-19(15)25(2)21-18-5-8-22-20(18)23-14-24-21/h5,8,14-17,19,27H,3-4,6-7,9-13H2,1-2H3,(H,22,23,24)/t15-,17?,19+/m1/s1. The summed E-state index contributed by atoms with van der Waals surface area (Å²) >= 11 is 0. The highest BCUT2D eigenvalue weighted by Gasteiger charge is 2.36. The lowest BCUT2D eigenvalue weighted by Crippen LogP contribution is -2.45. The summed E-state index contributed by atoms with van der Waals surface area (Å²) in [4.78, 5) is 14.2. The van der Waals surface area contributed by atoms with Gasteiger partial charge in [-0.3, -0.25) is 0 Å². The molecule has 1 saturated heterocycles. The molecule has 1 aliphatic carbocycles. The third-order valence-electron chi connectivity index (χ3n) is 7.07. The van der Waals surface area contributed by atoms with E-state index in [1.54, 1.807) is 10.6 Å². The number of aromatic nitrogens is 3. The minimum absolute atomic E-state index is 0.157. The van der Waals surface area contributed by atoms with E-state index in [1.165, 1.54) is 0 Å². The minimum atomic E-state index is -3.24. The molecular weight excluding hydrogens is 402 g/mol. The maximum atomic E-state index is 12.9. The molecule has 0 radical (unpaired) electrons. The first-order valence-corrected chi connectivity index (χ1v) is 12.6. The highest BCUT2D eigenvalue weighted by molar-refractivity contribution is 7.89. The topological polar surface area (TPSA) is 102 Å². The fraction of sp³-hybridized carbons (Fsp3) is 0.714. The number of nitrogens with zero attached hydrogens (tertiary/aromatic N) is 4. The van der Waals surface area contributed by atoms with Gasteiger partial charge in [0.05, 0.1) is 11.1 Å². The van der Waals surface area contributed by atoms with E-state index in [2.05, 4.69) is 33.8 Å². The van der Waals surface area contributed by atoms with Gasteiger partial charge in [-0.05, 0) is 55.9 Å². The molecule has 4 rings (SSSR count). The number of H-pyrrole nitrogens is 1. The van der Waals surface area contributed by atoms with Crippen LogP contribution >= 0.6 is 0 Å². The van der Waals surface area contributed by atoms with Crippen LogP contribution in [0.4, 0.5) is 5.82 Å². The molecule has 1 unspecified atom stereocenters. The van der Waals surface area contributed by atoms with Crippen LogP contribution in [0.3, 0.4) is 0 Å². The summed E-state index contributed by atoms with van der Waals surface area (Å²) in [6, 6.07) is 2.33. The van der Waals surface area contributed by atoms with Crippen molar-refractivity contribution in [1.82, 2.24) is 19.3 Å². The van der Waals surface area contributed by atoms with Crippen LogP contribution in [0.15, 0.2) is 18.6 Å². The Morgan fingerprint density at radius 2 is 1.97 bits per heavy atom. The zero-order valence-corrected chi connectivity index (χ0v) is 18.7. The minimum Gasteiger partial charge on any atom is -0.396 e. The zero-order valence-electron chi connectivity index (χ0n) is 17.9. The second kappa shape index (κ2) is 8.80. The van der Waals surface area contributed by atoms with Gasteiger partial charge in [0.15, 0.2) is 0 Å². The van der Waals surface area contributed by atoms with Crippen LogP contribution in [0, 0.1) is 17.8 Å². The number of aromatic amines is 1. The van der Waals surface area contributed by atoms with E-state index in [9.17, 15) is 13.5 Å². The van der Waals surface area contributed by atoms with Crippen LogP contribution in [0.2, 0.25) is 0 Å². The summed E-state index contributed by atoms with van der Waals surface area (Å²) in [7, 11) is -1.15. The molecule has 166 valence electrons. The molecule has 1 saturated carbocycles. The van der Waals surface area contributed by atoms with Crippen molar-refractivity contribution >= 4 is 26.9 Å². The maximum absolute atomic E-state index is 12.9. The molecule has 2 aromatic heterocycles. The van der Waals surface area contributed by atoms with Gasteiger partial charge in [-0.2, -0.15) is 0 Å². The number of nitrogens with one attached hydrogen (secondary N) is 1. The number of fused-ring (bicyclic) bond motifs is 1. The average Bonchev–Trinajstić information content (AvgIpc) is 3.22. The van der Waals surface area contributed by atoms with Crippen molar-refractivity contribution in [3.63, 3.8) is 0 Å². The van der Waals surface area contributed by atoms with E-state index >= 15 is 0 Å². The first kappa shape index (κ1) is 21.5. The highest BCUT2D eigenvalue weighted by Crippen LogP contribution is 2.36. The Kier molecular flexibility index (Phi) is 6.31.